The van der Waals surface area contributed by atoms with Crippen molar-refractivity contribution in [3.8, 4) is 5.88 Å². The third kappa shape index (κ3) is 4.71. The molecule has 1 saturated heterocycles. The molecular formula is C17H19IN4O3. The maximum absolute atomic E-state index is 10.9. The predicted molar refractivity (Wildman–Crippen MR) is 102 cm³/mol. The van der Waals surface area contributed by atoms with Crippen molar-refractivity contribution in [1.29, 1.82) is 0 Å². The molecule has 1 fully saturated rings. The second-order valence-corrected chi connectivity index (χ2v) is 7.16. The van der Waals surface area contributed by atoms with Gasteiger partial charge in [-0.25, -0.2) is 14.8 Å². The molecule has 0 atom stereocenters. The number of likely N-dealkylation sites (tertiary alicyclic amines) is 1. The number of hydrogen-bond donors (Lipinski definition) is 2. The molecule has 2 aromatic rings. The van der Waals surface area contributed by atoms with Gasteiger partial charge in [0.2, 0.25) is 5.88 Å². The van der Waals surface area contributed by atoms with E-state index in [0.717, 1.165) is 11.3 Å². The summed E-state index contributed by atoms with van der Waals surface area (Å²) in [6, 6.07) is 7.91. The van der Waals surface area contributed by atoms with Crippen LogP contribution in [0.25, 0.3) is 0 Å². The molecule has 2 N–H and O–H groups in total. The van der Waals surface area contributed by atoms with Crippen LogP contribution in [0.3, 0.4) is 0 Å². The van der Waals surface area contributed by atoms with Gasteiger partial charge in [0.05, 0.1) is 0 Å². The van der Waals surface area contributed by atoms with E-state index in [9.17, 15) is 4.79 Å². The number of aryl methyl sites for hydroxylation is 1. The molecule has 132 valence electrons. The third-order valence-corrected chi connectivity index (χ3v) is 4.76. The van der Waals surface area contributed by atoms with Gasteiger partial charge in [-0.05, 0) is 53.3 Å². The SMILES string of the molecule is Cc1cc(I)ccc1Nc1cc(OC2CCN(C(=O)O)CC2)ncn1. The molecule has 0 radical (unpaired) electrons. The number of amides is 1. The van der Waals surface area contributed by atoms with Crippen molar-refractivity contribution in [1.82, 2.24) is 14.9 Å². The third-order valence-electron chi connectivity index (χ3n) is 4.09. The summed E-state index contributed by atoms with van der Waals surface area (Å²) in [5.41, 5.74) is 2.12. The highest BCUT2D eigenvalue weighted by molar-refractivity contribution is 14.1. The first-order chi connectivity index (χ1) is 12.0. The quantitative estimate of drug-likeness (QED) is 0.686. The van der Waals surface area contributed by atoms with E-state index in [1.54, 1.807) is 6.07 Å². The van der Waals surface area contributed by atoms with Crippen LogP contribution in [0.1, 0.15) is 18.4 Å². The Kier molecular flexibility index (Phi) is 5.57. The van der Waals surface area contributed by atoms with Crippen LogP contribution < -0.4 is 10.1 Å². The van der Waals surface area contributed by atoms with Crippen molar-refractivity contribution in [2.45, 2.75) is 25.9 Å². The molecule has 0 spiro atoms. The predicted octanol–water partition coefficient (Wildman–Crippen LogP) is 3.65. The maximum atomic E-state index is 10.9. The Morgan fingerprint density at radius 3 is 2.76 bits per heavy atom. The smallest absolute Gasteiger partial charge is 0.407 e. The summed E-state index contributed by atoms with van der Waals surface area (Å²) in [5, 5.41) is 12.3. The number of anilines is 2. The number of halogens is 1. The Morgan fingerprint density at radius 2 is 2.08 bits per heavy atom. The minimum absolute atomic E-state index is 0.0293. The van der Waals surface area contributed by atoms with Gasteiger partial charge in [-0.2, -0.15) is 0 Å². The molecule has 1 aliphatic rings. The number of nitrogens with zero attached hydrogens (tertiary/aromatic N) is 3. The van der Waals surface area contributed by atoms with Crippen LogP contribution in [0, 0.1) is 10.5 Å². The first-order valence-electron chi connectivity index (χ1n) is 8.01. The van der Waals surface area contributed by atoms with Crippen LogP contribution in [-0.4, -0.2) is 45.3 Å². The molecule has 3 rings (SSSR count). The van der Waals surface area contributed by atoms with E-state index in [0.29, 0.717) is 37.6 Å². The zero-order valence-electron chi connectivity index (χ0n) is 13.8. The van der Waals surface area contributed by atoms with Crippen molar-refractivity contribution in [2.75, 3.05) is 18.4 Å². The number of carbonyl (C=O) groups is 1. The number of rotatable bonds is 4. The maximum Gasteiger partial charge on any atom is 0.407 e. The highest BCUT2D eigenvalue weighted by Crippen LogP contribution is 2.24. The van der Waals surface area contributed by atoms with Gasteiger partial charge in [0.15, 0.2) is 0 Å². The lowest BCUT2D eigenvalue weighted by molar-refractivity contribution is 0.0870. The standard InChI is InChI=1S/C17H19IN4O3/c1-11-8-12(18)2-3-14(11)21-15-9-16(20-10-19-15)25-13-4-6-22(7-5-13)17(23)24/h2-3,8-10,13H,4-7H2,1H3,(H,23,24)(H,19,20,21). The second-order valence-electron chi connectivity index (χ2n) is 5.91. The van der Waals surface area contributed by atoms with Gasteiger partial charge in [-0.1, -0.05) is 0 Å². The number of ether oxygens (including phenoxy) is 1. The van der Waals surface area contributed by atoms with Gasteiger partial charge in [0.25, 0.3) is 0 Å². The Morgan fingerprint density at radius 1 is 1.32 bits per heavy atom. The first-order valence-corrected chi connectivity index (χ1v) is 9.09. The molecule has 25 heavy (non-hydrogen) atoms. The summed E-state index contributed by atoms with van der Waals surface area (Å²) in [7, 11) is 0. The van der Waals surface area contributed by atoms with E-state index < -0.39 is 6.09 Å². The van der Waals surface area contributed by atoms with Crippen molar-refractivity contribution in [3.05, 3.63) is 39.7 Å². The average molecular weight is 454 g/mol. The largest absolute Gasteiger partial charge is 0.474 e. The Bertz CT molecular complexity index is 763. The van der Waals surface area contributed by atoms with Crippen LogP contribution >= 0.6 is 22.6 Å². The molecule has 0 unspecified atom stereocenters. The Balaban J connectivity index is 1.63. The molecule has 1 aromatic carbocycles. The van der Waals surface area contributed by atoms with E-state index in [2.05, 4.69) is 43.9 Å². The van der Waals surface area contributed by atoms with Gasteiger partial charge >= 0.3 is 6.09 Å². The first kappa shape index (κ1) is 17.7. The molecule has 0 saturated carbocycles. The highest BCUT2D eigenvalue weighted by Gasteiger charge is 2.23. The second kappa shape index (κ2) is 7.85. The molecule has 0 bridgehead atoms. The van der Waals surface area contributed by atoms with Crippen LogP contribution in [0.15, 0.2) is 30.6 Å². The van der Waals surface area contributed by atoms with Crippen molar-refractivity contribution < 1.29 is 14.6 Å². The van der Waals surface area contributed by atoms with Crippen molar-refractivity contribution in [3.63, 3.8) is 0 Å². The molecular weight excluding hydrogens is 435 g/mol. The summed E-state index contributed by atoms with van der Waals surface area (Å²) >= 11 is 2.28. The van der Waals surface area contributed by atoms with Crippen molar-refractivity contribution >= 4 is 40.2 Å². The van der Waals surface area contributed by atoms with E-state index in [4.69, 9.17) is 9.84 Å². The number of piperidine rings is 1. The molecule has 1 aromatic heterocycles. The molecule has 1 aliphatic heterocycles. The monoisotopic (exact) mass is 454 g/mol. The van der Waals surface area contributed by atoms with E-state index >= 15 is 0 Å². The zero-order valence-corrected chi connectivity index (χ0v) is 15.9. The zero-order chi connectivity index (χ0) is 17.8. The topological polar surface area (TPSA) is 87.6 Å². The van der Waals surface area contributed by atoms with Crippen LogP contribution in [0.5, 0.6) is 5.88 Å². The molecule has 2 heterocycles. The van der Waals surface area contributed by atoms with Crippen LogP contribution in [-0.2, 0) is 0 Å². The lowest BCUT2D eigenvalue weighted by atomic mass is 10.1. The molecule has 7 nitrogen and oxygen atoms in total. The number of aromatic nitrogens is 2. The van der Waals surface area contributed by atoms with E-state index in [1.807, 2.05) is 19.1 Å². The molecule has 1 amide bonds. The average Bonchev–Trinajstić information content (AvgIpc) is 2.58. The Hall–Kier alpha value is -2.10. The number of nitrogens with one attached hydrogen (secondary N) is 1. The lowest BCUT2D eigenvalue weighted by Gasteiger charge is -2.29. The fourth-order valence-electron chi connectivity index (χ4n) is 2.71. The summed E-state index contributed by atoms with van der Waals surface area (Å²) in [5.74, 6) is 1.16. The van der Waals surface area contributed by atoms with Crippen LogP contribution in [0.2, 0.25) is 0 Å². The highest BCUT2D eigenvalue weighted by atomic mass is 127. The van der Waals surface area contributed by atoms with Gasteiger partial charge in [0.1, 0.15) is 18.2 Å². The summed E-state index contributed by atoms with van der Waals surface area (Å²) < 4.78 is 7.08. The number of benzene rings is 1. The van der Waals surface area contributed by atoms with Gasteiger partial charge < -0.3 is 20.1 Å². The lowest BCUT2D eigenvalue weighted by Crippen LogP contribution is -2.41. The number of carboxylic acid groups (broad SMARTS) is 1. The number of hydrogen-bond acceptors (Lipinski definition) is 5. The summed E-state index contributed by atoms with van der Waals surface area (Å²) in [6.45, 7) is 3.01. The summed E-state index contributed by atoms with van der Waals surface area (Å²) in [6.07, 6.45) is 1.88. The normalized spacial score (nSPS) is 15.0. The van der Waals surface area contributed by atoms with E-state index in [-0.39, 0.29) is 6.10 Å². The minimum atomic E-state index is -0.875. The minimum Gasteiger partial charge on any atom is -0.474 e. The summed E-state index contributed by atoms with van der Waals surface area (Å²) in [4.78, 5) is 20.7. The van der Waals surface area contributed by atoms with E-state index in [1.165, 1.54) is 14.8 Å². The van der Waals surface area contributed by atoms with Gasteiger partial charge in [-0.3, -0.25) is 0 Å². The van der Waals surface area contributed by atoms with Crippen LogP contribution in [0.4, 0.5) is 16.3 Å². The van der Waals surface area contributed by atoms with Crippen molar-refractivity contribution in [2.24, 2.45) is 0 Å². The van der Waals surface area contributed by atoms with Gasteiger partial charge in [-0.15, -0.1) is 0 Å². The van der Waals surface area contributed by atoms with Gasteiger partial charge in [0, 0.05) is 41.3 Å². The fourth-order valence-corrected chi connectivity index (χ4v) is 3.36. The fraction of sp³-hybridized carbons (Fsp3) is 0.353. The molecule has 8 heteroatoms. The Labute approximate surface area is 159 Å². The molecule has 0 aliphatic carbocycles.